The molecule has 2 heterocycles. The maximum atomic E-state index is 11.8. The minimum Gasteiger partial charge on any atom is -0.371 e. The summed E-state index contributed by atoms with van der Waals surface area (Å²) in [7, 11) is 0. The average molecular weight is 291 g/mol. The number of nitrogens with one attached hydrogen (secondary N) is 2. The van der Waals surface area contributed by atoms with Gasteiger partial charge in [0.05, 0.1) is 6.04 Å². The van der Waals surface area contributed by atoms with Crippen molar-refractivity contribution < 1.29 is 4.79 Å². The number of anilines is 1. The predicted molar refractivity (Wildman–Crippen MR) is 84.2 cm³/mol. The Hall–Kier alpha value is -1.20. The van der Waals surface area contributed by atoms with Crippen LogP contribution < -0.4 is 15.5 Å². The van der Waals surface area contributed by atoms with Gasteiger partial charge in [0.25, 0.3) is 0 Å². The molecule has 1 aromatic rings. The van der Waals surface area contributed by atoms with Crippen LogP contribution in [0.25, 0.3) is 0 Å². The van der Waals surface area contributed by atoms with Gasteiger partial charge >= 0.3 is 0 Å². The third kappa shape index (κ3) is 3.10. The molecule has 1 atom stereocenters. The summed E-state index contributed by atoms with van der Waals surface area (Å²) in [5.74, 6) is 1.94. The number of nitrogens with zero attached hydrogens (tertiary/aromatic N) is 1. The number of para-hydroxylation sites is 1. The van der Waals surface area contributed by atoms with Crippen LogP contribution >= 0.6 is 11.8 Å². The smallest absolute Gasteiger partial charge is 0.238 e. The van der Waals surface area contributed by atoms with Gasteiger partial charge in [0.15, 0.2) is 0 Å². The topological polar surface area (TPSA) is 44.4 Å². The number of carbonyl (C=O) groups excluding carboxylic acids is 1. The summed E-state index contributed by atoms with van der Waals surface area (Å²) in [6, 6.07) is 8.62. The zero-order chi connectivity index (χ0) is 13.8. The maximum Gasteiger partial charge on any atom is 0.238 e. The van der Waals surface area contributed by atoms with Crippen molar-refractivity contribution in [3.8, 4) is 0 Å². The molecule has 1 unspecified atom stereocenters. The quantitative estimate of drug-likeness (QED) is 0.801. The molecule has 0 saturated carbocycles. The molecule has 0 bridgehead atoms. The van der Waals surface area contributed by atoms with Gasteiger partial charge in [-0.2, -0.15) is 0 Å². The lowest BCUT2D eigenvalue weighted by molar-refractivity contribution is -0.122. The van der Waals surface area contributed by atoms with Gasteiger partial charge in [-0.1, -0.05) is 18.2 Å². The molecule has 1 fully saturated rings. The van der Waals surface area contributed by atoms with Gasteiger partial charge in [0, 0.05) is 37.0 Å². The molecule has 0 radical (unpaired) electrons. The van der Waals surface area contributed by atoms with Crippen molar-refractivity contribution in [3.05, 3.63) is 29.8 Å². The van der Waals surface area contributed by atoms with E-state index in [1.165, 1.54) is 11.3 Å². The third-order valence-electron chi connectivity index (χ3n) is 3.92. The first-order valence-corrected chi connectivity index (χ1v) is 8.42. The Morgan fingerprint density at radius 3 is 3.20 bits per heavy atom. The van der Waals surface area contributed by atoms with E-state index < -0.39 is 0 Å². The number of benzene rings is 1. The second-order valence-corrected chi connectivity index (χ2v) is 6.31. The normalized spacial score (nSPS) is 21.0. The van der Waals surface area contributed by atoms with Gasteiger partial charge in [-0.3, -0.25) is 10.1 Å². The van der Waals surface area contributed by atoms with E-state index in [2.05, 4.69) is 39.8 Å². The van der Waals surface area contributed by atoms with Crippen molar-refractivity contribution in [3.63, 3.8) is 0 Å². The zero-order valence-corrected chi connectivity index (χ0v) is 12.4. The fraction of sp³-hybridized carbons (Fsp3) is 0.533. The van der Waals surface area contributed by atoms with E-state index in [4.69, 9.17) is 0 Å². The van der Waals surface area contributed by atoms with Crippen LogP contribution in [-0.4, -0.2) is 43.2 Å². The molecule has 4 nitrogen and oxygen atoms in total. The fourth-order valence-corrected chi connectivity index (χ4v) is 3.75. The molecule has 0 aliphatic carbocycles. The SMILES string of the molecule is O=C(NCCCN1CCc2ccccc21)C1CSCN1. The first kappa shape index (κ1) is 13.8. The van der Waals surface area contributed by atoms with Crippen molar-refractivity contribution in [2.75, 3.05) is 36.2 Å². The highest BCUT2D eigenvalue weighted by atomic mass is 32.2. The Morgan fingerprint density at radius 1 is 1.45 bits per heavy atom. The maximum absolute atomic E-state index is 11.8. The van der Waals surface area contributed by atoms with E-state index in [9.17, 15) is 4.79 Å². The van der Waals surface area contributed by atoms with E-state index in [0.29, 0.717) is 0 Å². The van der Waals surface area contributed by atoms with Gasteiger partial charge in [-0.15, -0.1) is 11.8 Å². The Labute approximate surface area is 124 Å². The number of fused-ring (bicyclic) bond motifs is 1. The first-order chi connectivity index (χ1) is 9.84. The van der Waals surface area contributed by atoms with Gasteiger partial charge in [-0.05, 0) is 24.5 Å². The highest BCUT2D eigenvalue weighted by Crippen LogP contribution is 2.27. The van der Waals surface area contributed by atoms with Gasteiger partial charge in [-0.25, -0.2) is 0 Å². The molecule has 1 amide bonds. The Bertz CT molecular complexity index is 474. The van der Waals surface area contributed by atoms with Gasteiger partial charge < -0.3 is 10.2 Å². The molecule has 0 spiro atoms. The molecule has 0 aromatic heterocycles. The summed E-state index contributed by atoms with van der Waals surface area (Å²) in [5.41, 5.74) is 2.82. The minimum atomic E-state index is 0.00696. The summed E-state index contributed by atoms with van der Waals surface area (Å²) in [6.45, 7) is 2.89. The van der Waals surface area contributed by atoms with Crippen molar-refractivity contribution >= 4 is 23.4 Å². The summed E-state index contributed by atoms with van der Waals surface area (Å²) in [6.07, 6.45) is 2.14. The molecule has 108 valence electrons. The molecule has 5 heteroatoms. The van der Waals surface area contributed by atoms with Crippen molar-refractivity contribution in [1.29, 1.82) is 0 Å². The summed E-state index contributed by atoms with van der Waals surface area (Å²) in [4.78, 5) is 14.3. The monoisotopic (exact) mass is 291 g/mol. The van der Waals surface area contributed by atoms with Crippen LogP contribution in [0.1, 0.15) is 12.0 Å². The number of hydrogen-bond donors (Lipinski definition) is 2. The summed E-state index contributed by atoms with van der Waals surface area (Å²) in [5, 5.41) is 6.22. The number of hydrogen-bond acceptors (Lipinski definition) is 4. The lowest BCUT2D eigenvalue weighted by Gasteiger charge is -2.19. The number of thioether (sulfide) groups is 1. The summed E-state index contributed by atoms with van der Waals surface area (Å²) < 4.78 is 0. The van der Waals surface area contributed by atoms with Crippen molar-refractivity contribution in [2.45, 2.75) is 18.9 Å². The largest absolute Gasteiger partial charge is 0.371 e. The van der Waals surface area contributed by atoms with Crippen molar-refractivity contribution in [2.24, 2.45) is 0 Å². The third-order valence-corrected chi connectivity index (χ3v) is 4.86. The number of carbonyl (C=O) groups is 1. The second-order valence-electron chi connectivity index (χ2n) is 5.28. The van der Waals surface area contributed by atoms with Crippen molar-refractivity contribution in [1.82, 2.24) is 10.6 Å². The van der Waals surface area contributed by atoms with Gasteiger partial charge in [0.1, 0.15) is 0 Å². The molecular formula is C15H21N3OS. The van der Waals surface area contributed by atoms with Crippen LogP contribution in [0.2, 0.25) is 0 Å². The molecule has 1 aromatic carbocycles. The van der Waals surface area contributed by atoms with Gasteiger partial charge in [0.2, 0.25) is 5.91 Å². The van der Waals surface area contributed by atoms with Crippen LogP contribution in [0.3, 0.4) is 0 Å². The molecular weight excluding hydrogens is 270 g/mol. The predicted octanol–water partition coefficient (Wildman–Crippen LogP) is 1.22. The molecule has 2 N–H and O–H groups in total. The lowest BCUT2D eigenvalue weighted by atomic mass is 10.2. The van der Waals surface area contributed by atoms with E-state index in [1.54, 1.807) is 11.8 Å². The molecule has 1 saturated heterocycles. The van der Waals surface area contributed by atoms with Crippen LogP contribution in [0.15, 0.2) is 24.3 Å². The Kier molecular flexibility index (Phi) is 4.47. The minimum absolute atomic E-state index is 0.00696. The molecule has 20 heavy (non-hydrogen) atoms. The average Bonchev–Trinajstić information content (AvgIpc) is 3.13. The molecule has 2 aliphatic heterocycles. The molecule has 2 aliphatic rings. The number of amides is 1. The van der Waals surface area contributed by atoms with Crippen LogP contribution in [0.5, 0.6) is 0 Å². The lowest BCUT2D eigenvalue weighted by Crippen LogP contribution is -2.42. The second kappa shape index (κ2) is 6.50. The van der Waals surface area contributed by atoms with Crippen LogP contribution in [0.4, 0.5) is 5.69 Å². The van der Waals surface area contributed by atoms with E-state index in [-0.39, 0.29) is 11.9 Å². The van der Waals surface area contributed by atoms with E-state index in [1.807, 2.05) is 0 Å². The number of rotatable bonds is 5. The Morgan fingerprint density at radius 2 is 2.35 bits per heavy atom. The molecule has 3 rings (SSSR count). The van der Waals surface area contributed by atoms with Crippen LogP contribution in [-0.2, 0) is 11.2 Å². The standard InChI is InChI=1S/C15H21N3OS/c19-15(13-10-20-11-17-13)16-7-3-8-18-9-6-12-4-1-2-5-14(12)18/h1-2,4-5,13,17H,3,6-11H2,(H,16,19). The van der Waals surface area contributed by atoms with Crippen LogP contribution in [0, 0.1) is 0 Å². The van der Waals surface area contributed by atoms with E-state index >= 15 is 0 Å². The fourth-order valence-electron chi connectivity index (χ4n) is 2.81. The highest BCUT2D eigenvalue weighted by molar-refractivity contribution is 7.99. The summed E-state index contributed by atoms with van der Waals surface area (Å²) >= 11 is 1.78. The zero-order valence-electron chi connectivity index (χ0n) is 11.6. The first-order valence-electron chi connectivity index (χ1n) is 7.26. The van der Waals surface area contributed by atoms with E-state index in [0.717, 1.165) is 44.1 Å². The Balaban J connectivity index is 1.39. The highest BCUT2D eigenvalue weighted by Gasteiger charge is 2.22.